The average molecular weight is 310 g/mol. The van der Waals surface area contributed by atoms with Gasteiger partial charge in [0, 0.05) is 19.6 Å². The van der Waals surface area contributed by atoms with Crippen LogP contribution in [-0.2, 0) is 22.3 Å². The van der Waals surface area contributed by atoms with Crippen LogP contribution in [0.25, 0.3) is 0 Å². The van der Waals surface area contributed by atoms with E-state index in [0.717, 1.165) is 49.9 Å². The number of hydrogen-bond donors (Lipinski definition) is 1. The Balaban J connectivity index is 1.99. The summed E-state index contributed by atoms with van der Waals surface area (Å²) in [7, 11) is -1.49. The molecule has 0 spiro atoms. The Labute approximate surface area is 128 Å². The highest BCUT2D eigenvalue weighted by molar-refractivity contribution is 7.88. The summed E-state index contributed by atoms with van der Waals surface area (Å²) in [5.41, 5.74) is 2.01. The fourth-order valence-corrected chi connectivity index (χ4v) is 4.00. The maximum absolute atomic E-state index is 12.4. The van der Waals surface area contributed by atoms with Gasteiger partial charge in [-0.1, -0.05) is 37.6 Å². The van der Waals surface area contributed by atoms with Gasteiger partial charge in [-0.25, -0.2) is 12.7 Å². The Kier molecular flexibility index (Phi) is 5.79. The van der Waals surface area contributed by atoms with Gasteiger partial charge in [0.15, 0.2) is 0 Å². The largest absolute Gasteiger partial charge is 0.313 e. The number of nitrogens with zero attached hydrogens (tertiary/aromatic N) is 1. The van der Waals surface area contributed by atoms with E-state index in [1.807, 2.05) is 24.3 Å². The van der Waals surface area contributed by atoms with Crippen molar-refractivity contribution in [3.05, 3.63) is 35.4 Å². The first-order valence-corrected chi connectivity index (χ1v) is 9.38. The van der Waals surface area contributed by atoms with Crippen molar-refractivity contribution in [1.29, 1.82) is 0 Å². The molecule has 0 heterocycles. The highest BCUT2D eigenvalue weighted by Crippen LogP contribution is 2.26. The fraction of sp³-hybridized carbons (Fsp3) is 0.625. The maximum atomic E-state index is 12.4. The maximum Gasteiger partial charge on any atom is 0.218 e. The summed E-state index contributed by atoms with van der Waals surface area (Å²) >= 11 is 0. The molecule has 1 aliphatic carbocycles. The smallest absolute Gasteiger partial charge is 0.218 e. The summed E-state index contributed by atoms with van der Waals surface area (Å²) in [6, 6.07) is 8.08. The standard InChI is InChI=1S/C16H26N2O2S/c1-3-10-17-12-14-6-4-7-15(11-14)13-21(19,20)18(2)16-8-5-9-16/h4,6-7,11,16-17H,3,5,8-10,12-13H2,1-2H3. The molecule has 5 heteroatoms. The third-order valence-corrected chi connectivity index (χ3v) is 6.00. The van der Waals surface area contributed by atoms with Gasteiger partial charge in [0.1, 0.15) is 0 Å². The van der Waals surface area contributed by atoms with E-state index in [9.17, 15) is 8.42 Å². The molecule has 21 heavy (non-hydrogen) atoms. The lowest BCUT2D eigenvalue weighted by Crippen LogP contribution is -2.41. The second kappa shape index (κ2) is 7.38. The minimum absolute atomic E-state index is 0.0988. The third kappa shape index (κ3) is 4.53. The molecule has 1 aliphatic rings. The van der Waals surface area contributed by atoms with Crippen LogP contribution in [0.5, 0.6) is 0 Å². The number of nitrogens with one attached hydrogen (secondary N) is 1. The van der Waals surface area contributed by atoms with Crippen LogP contribution in [0.1, 0.15) is 43.7 Å². The molecule has 0 bridgehead atoms. The van der Waals surface area contributed by atoms with Crippen molar-refractivity contribution in [2.45, 2.75) is 50.9 Å². The lowest BCUT2D eigenvalue weighted by Gasteiger charge is -2.33. The van der Waals surface area contributed by atoms with E-state index in [2.05, 4.69) is 12.2 Å². The highest BCUT2D eigenvalue weighted by atomic mass is 32.2. The van der Waals surface area contributed by atoms with Crippen molar-refractivity contribution in [2.24, 2.45) is 0 Å². The lowest BCUT2D eigenvalue weighted by atomic mass is 9.94. The molecule has 0 amide bonds. The topological polar surface area (TPSA) is 49.4 Å². The Morgan fingerprint density at radius 2 is 2.00 bits per heavy atom. The van der Waals surface area contributed by atoms with E-state index in [-0.39, 0.29) is 11.8 Å². The third-order valence-electron chi connectivity index (χ3n) is 4.12. The molecule has 1 saturated carbocycles. The minimum atomic E-state index is -3.20. The molecule has 0 saturated heterocycles. The van der Waals surface area contributed by atoms with Gasteiger partial charge in [-0.3, -0.25) is 0 Å². The van der Waals surface area contributed by atoms with E-state index >= 15 is 0 Å². The van der Waals surface area contributed by atoms with E-state index in [1.54, 1.807) is 11.4 Å². The average Bonchev–Trinajstić information content (AvgIpc) is 2.37. The van der Waals surface area contributed by atoms with Crippen molar-refractivity contribution < 1.29 is 8.42 Å². The number of sulfonamides is 1. The first kappa shape index (κ1) is 16.5. The molecule has 0 aromatic heterocycles. The molecule has 4 nitrogen and oxygen atoms in total. The van der Waals surface area contributed by atoms with E-state index < -0.39 is 10.0 Å². The van der Waals surface area contributed by atoms with Crippen molar-refractivity contribution in [2.75, 3.05) is 13.6 Å². The number of rotatable bonds is 8. The Morgan fingerprint density at radius 1 is 1.29 bits per heavy atom. The molecule has 1 aromatic rings. The zero-order chi connectivity index (χ0) is 15.3. The van der Waals surface area contributed by atoms with Crippen LogP contribution < -0.4 is 5.32 Å². The molecular weight excluding hydrogens is 284 g/mol. The number of benzene rings is 1. The minimum Gasteiger partial charge on any atom is -0.313 e. The van der Waals surface area contributed by atoms with E-state index in [1.165, 1.54) is 0 Å². The molecule has 1 aromatic carbocycles. The molecule has 2 rings (SSSR count). The zero-order valence-corrected chi connectivity index (χ0v) is 13.8. The van der Waals surface area contributed by atoms with Gasteiger partial charge in [0.25, 0.3) is 0 Å². The second-order valence-electron chi connectivity index (χ2n) is 5.85. The molecule has 118 valence electrons. The molecule has 0 radical (unpaired) electrons. The Hall–Kier alpha value is -0.910. The van der Waals surface area contributed by atoms with Gasteiger partial charge in [0.05, 0.1) is 5.75 Å². The van der Waals surface area contributed by atoms with E-state index in [0.29, 0.717) is 0 Å². The summed E-state index contributed by atoms with van der Waals surface area (Å²) in [4.78, 5) is 0. The van der Waals surface area contributed by atoms with Crippen molar-refractivity contribution in [3.63, 3.8) is 0 Å². The molecule has 1 fully saturated rings. The van der Waals surface area contributed by atoms with Gasteiger partial charge >= 0.3 is 0 Å². The Bertz CT molecular complexity index is 553. The van der Waals surface area contributed by atoms with E-state index in [4.69, 9.17) is 0 Å². The van der Waals surface area contributed by atoms with Crippen molar-refractivity contribution in [1.82, 2.24) is 9.62 Å². The predicted molar refractivity (Wildman–Crippen MR) is 86.5 cm³/mol. The highest BCUT2D eigenvalue weighted by Gasteiger charge is 2.30. The SMILES string of the molecule is CCCNCc1cccc(CS(=O)(=O)N(C)C2CCC2)c1. The molecule has 0 unspecified atom stereocenters. The van der Waals surface area contributed by atoms with Gasteiger partial charge in [0.2, 0.25) is 10.0 Å². The van der Waals surface area contributed by atoms with Gasteiger partial charge in [-0.05, 0) is 36.9 Å². The van der Waals surface area contributed by atoms with Crippen molar-refractivity contribution in [3.8, 4) is 0 Å². The monoisotopic (exact) mass is 310 g/mol. The quantitative estimate of drug-likeness (QED) is 0.751. The normalized spacial score (nSPS) is 16.1. The van der Waals surface area contributed by atoms with Gasteiger partial charge < -0.3 is 5.32 Å². The molecule has 0 aliphatic heterocycles. The van der Waals surface area contributed by atoms with Crippen LogP contribution in [0.3, 0.4) is 0 Å². The summed E-state index contributed by atoms with van der Waals surface area (Å²) in [5, 5.41) is 3.34. The van der Waals surface area contributed by atoms with Gasteiger partial charge in [-0.15, -0.1) is 0 Å². The Morgan fingerprint density at radius 3 is 2.62 bits per heavy atom. The van der Waals surface area contributed by atoms with Crippen molar-refractivity contribution >= 4 is 10.0 Å². The van der Waals surface area contributed by atoms with Crippen LogP contribution in [0.15, 0.2) is 24.3 Å². The molecule has 0 atom stereocenters. The van der Waals surface area contributed by atoms with Crippen LogP contribution >= 0.6 is 0 Å². The predicted octanol–water partition coefficient (Wildman–Crippen LogP) is 2.50. The van der Waals surface area contributed by atoms with Crippen LogP contribution in [0.4, 0.5) is 0 Å². The summed E-state index contributed by atoms with van der Waals surface area (Å²) < 4.78 is 26.4. The summed E-state index contributed by atoms with van der Waals surface area (Å²) in [6.07, 6.45) is 4.23. The van der Waals surface area contributed by atoms with Crippen LogP contribution in [-0.4, -0.2) is 32.4 Å². The van der Waals surface area contributed by atoms with Gasteiger partial charge in [-0.2, -0.15) is 0 Å². The lowest BCUT2D eigenvalue weighted by molar-refractivity contribution is 0.249. The second-order valence-corrected chi connectivity index (χ2v) is 7.88. The molecule has 1 N–H and O–H groups in total. The van der Waals surface area contributed by atoms with Crippen LogP contribution in [0, 0.1) is 0 Å². The first-order chi connectivity index (χ1) is 10.0. The fourth-order valence-electron chi connectivity index (χ4n) is 2.53. The van der Waals surface area contributed by atoms with Crippen LogP contribution in [0.2, 0.25) is 0 Å². The summed E-state index contributed by atoms with van der Waals surface area (Å²) in [5.74, 6) is 0.0988. The first-order valence-electron chi connectivity index (χ1n) is 7.77. The number of hydrogen-bond acceptors (Lipinski definition) is 3. The molecular formula is C16H26N2O2S. The zero-order valence-electron chi connectivity index (χ0n) is 13.0. The summed E-state index contributed by atoms with van der Waals surface area (Å²) in [6.45, 7) is 3.90.